The Hall–Kier alpha value is -0.860. The second kappa shape index (κ2) is 4.06. The molecule has 1 atom stereocenters. The van der Waals surface area contributed by atoms with Gasteiger partial charge < -0.3 is 5.11 Å². The van der Waals surface area contributed by atoms with Crippen LogP contribution in [0.2, 0.25) is 0 Å². The Balaban J connectivity index is 3.81. The maximum absolute atomic E-state index is 9.67. The summed E-state index contributed by atoms with van der Waals surface area (Å²) in [5.74, 6) is 1.91. The fraction of sp³-hybridized carbons (Fsp3) is 0.500. The Kier molecular flexibility index (Phi) is 3.67. The van der Waals surface area contributed by atoms with Crippen LogP contribution < -0.4 is 0 Å². The summed E-state index contributed by atoms with van der Waals surface area (Å²) in [5.41, 5.74) is 0. The first-order valence-electron chi connectivity index (χ1n) is 2.08. The van der Waals surface area contributed by atoms with Gasteiger partial charge in [-0.15, -0.1) is 6.42 Å². The number of terminal acetylenes is 1. The van der Waals surface area contributed by atoms with Crippen LogP contribution >= 0.6 is 0 Å². The minimum absolute atomic E-state index is 0.257. The lowest BCUT2D eigenvalue weighted by Gasteiger charge is -1.90. The van der Waals surface area contributed by atoms with Crippen molar-refractivity contribution in [1.82, 2.24) is 0 Å². The molecule has 0 aliphatic heterocycles. The zero-order valence-corrected chi connectivity index (χ0v) is 5.30. The highest BCUT2D eigenvalue weighted by Crippen LogP contribution is 1.78. The molecule has 0 fully saturated rings. The molecular formula is C4H5NO3S. The van der Waals surface area contributed by atoms with Gasteiger partial charge in [0.1, 0.15) is 6.10 Å². The van der Waals surface area contributed by atoms with Crippen LogP contribution in [0.1, 0.15) is 0 Å². The zero-order chi connectivity index (χ0) is 7.28. The molecule has 0 bridgehead atoms. The molecule has 50 valence electrons. The summed E-state index contributed by atoms with van der Waals surface area (Å²) < 4.78 is 22.3. The zero-order valence-electron chi connectivity index (χ0n) is 4.48. The molecular weight excluding hydrogens is 142 g/mol. The first-order chi connectivity index (χ1) is 4.16. The van der Waals surface area contributed by atoms with Crippen LogP contribution in [0.25, 0.3) is 0 Å². The average molecular weight is 147 g/mol. The molecule has 0 saturated carbocycles. The van der Waals surface area contributed by atoms with Gasteiger partial charge in [0.2, 0.25) is 0 Å². The van der Waals surface area contributed by atoms with Crippen LogP contribution in [0.15, 0.2) is 4.36 Å². The smallest absolute Gasteiger partial charge is 0.311 e. The summed E-state index contributed by atoms with van der Waals surface area (Å²) >= 11 is 0. The molecule has 9 heavy (non-hydrogen) atoms. The SMILES string of the molecule is C#CC(O)CN=S(=O)=O. The number of hydrogen-bond donors (Lipinski definition) is 1. The standard InChI is InChI=1S/C4H5NO3S/c1-2-4(6)3-5-9(7)8/h1,4,6H,3H2. The molecule has 0 saturated heterocycles. The molecule has 0 amide bonds. The highest BCUT2D eigenvalue weighted by Gasteiger charge is 1.93. The summed E-state index contributed by atoms with van der Waals surface area (Å²) in [6, 6.07) is 0. The topological polar surface area (TPSA) is 66.7 Å². The monoisotopic (exact) mass is 147 g/mol. The van der Waals surface area contributed by atoms with E-state index in [-0.39, 0.29) is 6.54 Å². The van der Waals surface area contributed by atoms with E-state index in [0.717, 1.165) is 0 Å². The minimum Gasteiger partial charge on any atom is -0.378 e. The number of hydrogen-bond acceptors (Lipinski definition) is 4. The first kappa shape index (κ1) is 8.14. The predicted octanol–water partition coefficient (Wildman–Crippen LogP) is -0.957. The van der Waals surface area contributed by atoms with Crippen molar-refractivity contribution in [3.8, 4) is 12.3 Å². The van der Waals surface area contributed by atoms with Crippen LogP contribution in [-0.2, 0) is 10.5 Å². The van der Waals surface area contributed by atoms with Crippen molar-refractivity contribution < 1.29 is 13.5 Å². The van der Waals surface area contributed by atoms with E-state index in [1.54, 1.807) is 0 Å². The molecule has 1 N–H and O–H groups in total. The number of aliphatic hydroxyl groups is 1. The van der Waals surface area contributed by atoms with Gasteiger partial charge in [0.05, 0.1) is 6.54 Å². The van der Waals surface area contributed by atoms with Gasteiger partial charge in [-0.05, 0) is 0 Å². The van der Waals surface area contributed by atoms with Crippen molar-refractivity contribution in [2.75, 3.05) is 6.54 Å². The van der Waals surface area contributed by atoms with Crippen molar-refractivity contribution >= 4 is 10.5 Å². The van der Waals surface area contributed by atoms with Crippen molar-refractivity contribution in [3.63, 3.8) is 0 Å². The van der Waals surface area contributed by atoms with Crippen molar-refractivity contribution in [2.45, 2.75) is 6.10 Å². The van der Waals surface area contributed by atoms with E-state index in [4.69, 9.17) is 11.5 Å². The lowest BCUT2D eigenvalue weighted by atomic mass is 10.4. The van der Waals surface area contributed by atoms with E-state index in [9.17, 15) is 8.42 Å². The van der Waals surface area contributed by atoms with Gasteiger partial charge in [0.25, 0.3) is 0 Å². The van der Waals surface area contributed by atoms with Gasteiger partial charge in [0, 0.05) is 0 Å². The third-order valence-corrected chi connectivity index (χ3v) is 0.905. The normalized spacial score (nSPS) is 11.6. The average Bonchev–Trinajstić information content (AvgIpc) is 1.83. The maximum Gasteiger partial charge on any atom is 0.311 e. The number of aliphatic hydroxyl groups excluding tert-OH is 1. The quantitative estimate of drug-likeness (QED) is 0.512. The number of nitrogens with zero attached hydrogens (tertiary/aromatic N) is 1. The van der Waals surface area contributed by atoms with Crippen LogP contribution in [0.4, 0.5) is 0 Å². The number of rotatable bonds is 2. The molecule has 0 rings (SSSR count). The first-order valence-corrected chi connectivity index (χ1v) is 3.11. The molecule has 4 nitrogen and oxygen atoms in total. The Morgan fingerprint density at radius 1 is 1.78 bits per heavy atom. The van der Waals surface area contributed by atoms with E-state index in [0.29, 0.717) is 0 Å². The van der Waals surface area contributed by atoms with E-state index in [1.165, 1.54) is 0 Å². The molecule has 1 unspecified atom stereocenters. The second-order valence-electron chi connectivity index (χ2n) is 1.21. The van der Waals surface area contributed by atoms with Gasteiger partial charge >= 0.3 is 10.5 Å². The molecule has 0 aromatic carbocycles. The highest BCUT2D eigenvalue weighted by molar-refractivity contribution is 7.61. The molecule has 0 radical (unpaired) electrons. The van der Waals surface area contributed by atoms with E-state index >= 15 is 0 Å². The lowest BCUT2D eigenvalue weighted by molar-refractivity contribution is 0.242. The van der Waals surface area contributed by atoms with Crippen LogP contribution in [0.3, 0.4) is 0 Å². The van der Waals surface area contributed by atoms with Crippen molar-refractivity contribution in [3.05, 3.63) is 0 Å². The van der Waals surface area contributed by atoms with E-state index in [1.807, 2.05) is 5.92 Å². The van der Waals surface area contributed by atoms with Gasteiger partial charge in [-0.1, -0.05) is 5.92 Å². The van der Waals surface area contributed by atoms with Gasteiger partial charge in [0.15, 0.2) is 0 Å². The third kappa shape index (κ3) is 5.00. The fourth-order valence-corrected chi connectivity index (χ4v) is 0.447. The maximum atomic E-state index is 9.67. The fourth-order valence-electron chi connectivity index (χ4n) is 0.184. The second-order valence-corrected chi connectivity index (χ2v) is 1.90. The van der Waals surface area contributed by atoms with Crippen molar-refractivity contribution in [2.24, 2.45) is 4.36 Å². The van der Waals surface area contributed by atoms with Gasteiger partial charge in [-0.25, -0.2) is 0 Å². The molecule has 5 heteroatoms. The minimum atomic E-state index is -2.47. The van der Waals surface area contributed by atoms with Crippen LogP contribution in [0.5, 0.6) is 0 Å². The van der Waals surface area contributed by atoms with Crippen molar-refractivity contribution in [1.29, 1.82) is 0 Å². The van der Waals surface area contributed by atoms with Crippen LogP contribution in [0, 0.1) is 12.3 Å². The largest absolute Gasteiger partial charge is 0.378 e. The Morgan fingerprint density at radius 3 is 2.67 bits per heavy atom. The molecule has 0 aliphatic carbocycles. The Morgan fingerprint density at radius 2 is 2.33 bits per heavy atom. The predicted molar refractivity (Wildman–Crippen MR) is 31.1 cm³/mol. The van der Waals surface area contributed by atoms with E-state index in [2.05, 4.69) is 4.36 Å². The molecule has 0 heterocycles. The van der Waals surface area contributed by atoms with Gasteiger partial charge in [-0.2, -0.15) is 12.8 Å². The summed E-state index contributed by atoms with van der Waals surface area (Å²) in [6.07, 6.45) is 3.60. The molecule has 0 spiro atoms. The van der Waals surface area contributed by atoms with Crippen LogP contribution in [-0.4, -0.2) is 26.2 Å². The van der Waals surface area contributed by atoms with Gasteiger partial charge in [-0.3, -0.25) is 0 Å². The third-order valence-electron chi connectivity index (χ3n) is 0.545. The Bertz CT molecular complexity index is 227. The lowest BCUT2D eigenvalue weighted by Crippen LogP contribution is -2.05. The summed E-state index contributed by atoms with van der Waals surface area (Å²) in [7, 11) is -2.47. The van der Waals surface area contributed by atoms with E-state index < -0.39 is 16.6 Å². The molecule has 0 aromatic rings. The Labute approximate surface area is 54.2 Å². The summed E-state index contributed by atoms with van der Waals surface area (Å²) in [4.78, 5) is 0. The summed E-state index contributed by atoms with van der Waals surface area (Å²) in [6.45, 7) is -0.257. The molecule has 0 aromatic heterocycles. The highest BCUT2D eigenvalue weighted by atomic mass is 32.2. The molecule has 0 aliphatic rings. The summed E-state index contributed by atoms with van der Waals surface area (Å²) in [5, 5.41) is 8.50.